The molecule has 1 unspecified atom stereocenters. The summed E-state index contributed by atoms with van der Waals surface area (Å²) in [6, 6.07) is 4.26. The van der Waals surface area contributed by atoms with Crippen LogP contribution in [-0.2, 0) is 0 Å². The number of hydrogen-bond donors (Lipinski definition) is 3. The van der Waals surface area contributed by atoms with Gasteiger partial charge in [-0.05, 0) is 37.5 Å². The van der Waals surface area contributed by atoms with Crippen LogP contribution >= 0.6 is 15.9 Å². The smallest absolute Gasteiger partial charge is 0.335 e. The third kappa shape index (κ3) is 5.61. The molecular weight excluding hydrogens is 324 g/mol. The average Bonchev–Trinajstić information content (AvgIpc) is 2.25. The lowest BCUT2D eigenvalue weighted by atomic mass is 10.1. The first-order valence-corrected chi connectivity index (χ1v) is 7.18. The maximum absolute atomic E-state index is 11.8. The number of carboxylic acid groups (broad SMARTS) is 1. The average molecular weight is 343 g/mol. The molecule has 0 spiro atoms. The lowest BCUT2D eigenvalue weighted by Crippen LogP contribution is -2.36. The Morgan fingerprint density at radius 1 is 1.25 bits per heavy atom. The van der Waals surface area contributed by atoms with Crippen LogP contribution in [0.25, 0.3) is 0 Å². The summed E-state index contributed by atoms with van der Waals surface area (Å²) in [6.07, 6.45) is 0.881. The number of amides is 2. The predicted molar refractivity (Wildman–Crippen MR) is 82.2 cm³/mol. The molecule has 3 N–H and O–H groups in total. The summed E-state index contributed by atoms with van der Waals surface area (Å²) in [5.74, 6) is -0.544. The lowest BCUT2D eigenvalue weighted by Gasteiger charge is -2.16. The van der Waals surface area contributed by atoms with Crippen molar-refractivity contribution in [3.8, 4) is 0 Å². The Labute approximate surface area is 126 Å². The zero-order chi connectivity index (χ0) is 15.3. The summed E-state index contributed by atoms with van der Waals surface area (Å²) in [6.45, 7) is 6.11. The molecule has 6 heteroatoms. The summed E-state index contributed by atoms with van der Waals surface area (Å²) < 4.78 is 0.600. The Balaban J connectivity index is 2.68. The molecule has 20 heavy (non-hydrogen) atoms. The van der Waals surface area contributed by atoms with E-state index in [9.17, 15) is 9.59 Å². The van der Waals surface area contributed by atoms with Crippen LogP contribution in [0, 0.1) is 5.92 Å². The fourth-order valence-corrected chi connectivity index (χ4v) is 2.44. The SMILES string of the molecule is CC(C)CC(C)NC(=O)Nc1cc(Br)cc(C(=O)O)c1. The Morgan fingerprint density at radius 3 is 2.45 bits per heavy atom. The van der Waals surface area contributed by atoms with Gasteiger partial charge in [-0.15, -0.1) is 0 Å². The first-order valence-electron chi connectivity index (χ1n) is 6.39. The molecule has 0 saturated carbocycles. The molecule has 0 fully saturated rings. The van der Waals surface area contributed by atoms with Crippen LogP contribution in [0.2, 0.25) is 0 Å². The van der Waals surface area contributed by atoms with E-state index in [0.29, 0.717) is 16.1 Å². The fourth-order valence-electron chi connectivity index (χ4n) is 1.94. The van der Waals surface area contributed by atoms with Crippen molar-refractivity contribution in [2.45, 2.75) is 33.2 Å². The summed E-state index contributed by atoms with van der Waals surface area (Å²) in [7, 11) is 0. The van der Waals surface area contributed by atoms with Gasteiger partial charge in [0.05, 0.1) is 5.56 Å². The number of carbonyl (C=O) groups excluding carboxylic acids is 1. The highest BCUT2D eigenvalue weighted by Crippen LogP contribution is 2.19. The fraction of sp³-hybridized carbons (Fsp3) is 0.429. The van der Waals surface area contributed by atoms with Crippen molar-refractivity contribution < 1.29 is 14.7 Å². The second kappa shape index (κ2) is 7.28. The molecule has 0 aliphatic rings. The predicted octanol–water partition coefficient (Wildman–Crippen LogP) is 3.70. The maximum Gasteiger partial charge on any atom is 0.335 e. The minimum atomic E-state index is -1.04. The minimum absolute atomic E-state index is 0.0566. The Bertz CT molecular complexity index is 503. The second-order valence-corrected chi connectivity index (χ2v) is 6.08. The van der Waals surface area contributed by atoms with E-state index < -0.39 is 5.97 Å². The van der Waals surface area contributed by atoms with E-state index in [1.54, 1.807) is 6.07 Å². The first-order chi connectivity index (χ1) is 9.27. The molecule has 0 bridgehead atoms. The number of carbonyl (C=O) groups is 2. The zero-order valence-electron chi connectivity index (χ0n) is 11.7. The lowest BCUT2D eigenvalue weighted by molar-refractivity contribution is 0.0697. The standard InChI is InChI=1S/C14H19BrN2O3/c1-8(2)4-9(3)16-14(20)17-12-6-10(13(18)19)5-11(15)7-12/h5-9H,4H2,1-3H3,(H,18,19)(H2,16,17,20). The van der Waals surface area contributed by atoms with E-state index in [1.807, 2.05) is 6.92 Å². The van der Waals surface area contributed by atoms with Crippen molar-refractivity contribution in [2.24, 2.45) is 5.92 Å². The van der Waals surface area contributed by atoms with Gasteiger partial charge in [0, 0.05) is 16.2 Å². The Kier molecular flexibility index (Phi) is 6.01. The van der Waals surface area contributed by atoms with Crippen molar-refractivity contribution in [2.75, 3.05) is 5.32 Å². The largest absolute Gasteiger partial charge is 0.478 e. The Hall–Kier alpha value is -1.56. The van der Waals surface area contributed by atoms with Crippen molar-refractivity contribution >= 4 is 33.6 Å². The molecule has 0 aliphatic carbocycles. The van der Waals surface area contributed by atoms with E-state index in [2.05, 4.69) is 40.4 Å². The zero-order valence-corrected chi connectivity index (χ0v) is 13.3. The van der Waals surface area contributed by atoms with Crippen LogP contribution in [0.3, 0.4) is 0 Å². The van der Waals surface area contributed by atoms with Crippen LogP contribution < -0.4 is 10.6 Å². The maximum atomic E-state index is 11.8. The molecule has 0 heterocycles. The molecule has 0 aliphatic heterocycles. The third-order valence-electron chi connectivity index (χ3n) is 2.61. The molecule has 110 valence electrons. The van der Waals surface area contributed by atoms with Crippen LogP contribution in [0.1, 0.15) is 37.6 Å². The number of rotatable bonds is 5. The van der Waals surface area contributed by atoms with Crippen LogP contribution in [0.15, 0.2) is 22.7 Å². The molecular formula is C14H19BrN2O3. The summed E-state index contributed by atoms with van der Waals surface area (Å²) >= 11 is 3.22. The number of benzene rings is 1. The molecule has 0 aromatic heterocycles. The van der Waals surface area contributed by atoms with Crippen LogP contribution in [0.5, 0.6) is 0 Å². The number of anilines is 1. The van der Waals surface area contributed by atoms with Gasteiger partial charge in [0.15, 0.2) is 0 Å². The number of aromatic carboxylic acids is 1. The number of hydrogen-bond acceptors (Lipinski definition) is 2. The minimum Gasteiger partial charge on any atom is -0.478 e. The third-order valence-corrected chi connectivity index (χ3v) is 3.06. The van der Waals surface area contributed by atoms with Gasteiger partial charge >= 0.3 is 12.0 Å². The van der Waals surface area contributed by atoms with Gasteiger partial charge in [-0.2, -0.15) is 0 Å². The van der Waals surface area contributed by atoms with Crippen molar-refractivity contribution in [1.29, 1.82) is 0 Å². The van der Waals surface area contributed by atoms with Gasteiger partial charge in [0.1, 0.15) is 0 Å². The highest BCUT2D eigenvalue weighted by Gasteiger charge is 2.11. The Morgan fingerprint density at radius 2 is 1.90 bits per heavy atom. The van der Waals surface area contributed by atoms with Gasteiger partial charge in [0.2, 0.25) is 0 Å². The van der Waals surface area contributed by atoms with Crippen molar-refractivity contribution in [3.63, 3.8) is 0 Å². The second-order valence-electron chi connectivity index (χ2n) is 5.16. The normalized spacial score (nSPS) is 12.1. The van der Waals surface area contributed by atoms with Gasteiger partial charge in [0.25, 0.3) is 0 Å². The van der Waals surface area contributed by atoms with Gasteiger partial charge < -0.3 is 15.7 Å². The molecule has 2 amide bonds. The van der Waals surface area contributed by atoms with Gasteiger partial charge in [-0.3, -0.25) is 0 Å². The monoisotopic (exact) mass is 342 g/mol. The summed E-state index contributed by atoms with van der Waals surface area (Å²) in [5, 5.41) is 14.4. The van der Waals surface area contributed by atoms with E-state index >= 15 is 0 Å². The van der Waals surface area contributed by atoms with Gasteiger partial charge in [-0.25, -0.2) is 9.59 Å². The van der Waals surface area contributed by atoms with Crippen molar-refractivity contribution in [1.82, 2.24) is 5.32 Å². The molecule has 0 saturated heterocycles. The highest BCUT2D eigenvalue weighted by atomic mass is 79.9. The molecule has 0 radical (unpaired) electrons. The van der Waals surface area contributed by atoms with E-state index in [-0.39, 0.29) is 17.6 Å². The van der Waals surface area contributed by atoms with Crippen LogP contribution in [-0.4, -0.2) is 23.1 Å². The molecule has 1 rings (SSSR count). The number of nitrogens with one attached hydrogen (secondary N) is 2. The van der Waals surface area contributed by atoms with E-state index in [4.69, 9.17) is 5.11 Å². The first kappa shape index (κ1) is 16.5. The number of urea groups is 1. The summed E-state index contributed by atoms with van der Waals surface area (Å²) in [4.78, 5) is 22.8. The molecule has 1 atom stereocenters. The van der Waals surface area contributed by atoms with Crippen LogP contribution in [0.4, 0.5) is 10.5 Å². The summed E-state index contributed by atoms with van der Waals surface area (Å²) in [5.41, 5.74) is 0.552. The van der Waals surface area contributed by atoms with Gasteiger partial charge in [-0.1, -0.05) is 29.8 Å². The highest BCUT2D eigenvalue weighted by molar-refractivity contribution is 9.10. The topological polar surface area (TPSA) is 78.4 Å². The number of halogens is 1. The molecule has 5 nitrogen and oxygen atoms in total. The van der Waals surface area contributed by atoms with E-state index in [1.165, 1.54) is 12.1 Å². The molecule has 1 aromatic rings. The van der Waals surface area contributed by atoms with Crippen molar-refractivity contribution in [3.05, 3.63) is 28.2 Å². The quantitative estimate of drug-likeness (QED) is 0.763. The number of carboxylic acids is 1. The molecule has 1 aromatic carbocycles. The van der Waals surface area contributed by atoms with E-state index in [0.717, 1.165) is 6.42 Å².